The minimum atomic E-state index is -0.395. The molecule has 0 unspecified atom stereocenters. The molecule has 178 valence electrons. The molecule has 0 aromatic carbocycles. The quantitative estimate of drug-likeness (QED) is 0.497. The van der Waals surface area contributed by atoms with Crippen LogP contribution in [0.15, 0.2) is 41.6 Å². The Bertz CT molecular complexity index is 1230. The van der Waals surface area contributed by atoms with Crippen molar-refractivity contribution in [2.24, 2.45) is 4.99 Å². The Morgan fingerprint density at radius 1 is 1.15 bits per heavy atom. The summed E-state index contributed by atoms with van der Waals surface area (Å²) >= 11 is 0. The average molecular weight is 463 g/mol. The SMILES string of the molecule is CCCCc1c(Cc2ccnn2C2=C(F)C=CCC=N2)ncn2nc(CN3CCCCC3)nc12. The van der Waals surface area contributed by atoms with E-state index in [0.29, 0.717) is 12.8 Å². The van der Waals surface area contributed by atoms with Gasteiger partial charge in [-0.2, -0.15) is 5.10 Å². The van der Waals surface area contributed by atoms with E-state index in [9.17, 15) is 4.39 Å². The highest BCUT2D eigenvalue weighted by molar-refractivity contribution is 5.70. The second-order valence-electron chi connectivity index (χ2n) is 8.94. The minimum absolute atomic E-state index is 0.205. The summed E-state index contributed by atoms with van der Waals surface area (Å²) in [6, 6.07) is 1.89. The molecule has 0 atom stereocenters. The van der Waals surface area contributed by atoms with Gasteiger partial charge in [0.15, 0.2) is 23.1 Å². The number of hydrogen-bond acceptors (Lipinski definition) is 6. The number of halogens is 1. The molecule has 0 spiro atoms. The number of nitrogens with zero attached hydrogens (tertiary/aromatic N) is 8. The molecule has 0 aliphatic carbocycles. The van der Waals surface area contributed by atoms with E-state index in [2.05, 4.69) is 21.9 Å². The molecule has 0 amide bonds. The highest BCUT2D eigenvalue weighted by atomic mass is 19.1. The van der Waals surface area contributed by atoms with Gasteiger partial charge in [-0.05, 0) is 50.9 Å². The lowest BCUT2D eigenvalue weighted by Crippen LogP contribution is -2.29. The first-order valence-corrected chi connectivity index (χ1v) is 12.3. The summed E-state index contributed by atoms with van der Waals surface area (Å²) < 4.78 is 18.0. The lowest BCUT2D eigenvalue weighted by molar-refractivity contribution is 0.216. The monoisotopic (exact) mass is 462 g/mol. The van der Waals surface area contributed by atoms with E-state index in [1.807, 2.05) is 10.6 Å². The van der Waals surface area contributed by atoms with Crippen LogP contribution in [0.5, 0.6) is 0 Å². The number of likely N-dealkylation sites (tertiary alicyclic amines) is 1. The van der Waals surface area contributed by atoms with Gasteiger partial charge in [-0.3, -0.25) is 4.90 Å². The molecule has 0 N–H and O–H groups in total. The molecule has 34 heavy (non-hydrogen) atoms. The molecule has 0 bridgehead atoms. The van der Waals surface area contributed by atoms with E-state index in [4.69, 9.17) is 15.1 Å². The van der Waals surface area contributed by atoms with Gasteiger partial charge in [0.1, 0.15) is 6.33 Å². The lowest BCUT2D eigenvalue weighted by atomic mass is 10.0. The summed E-state index contributed by atoms with van der Waals surface area (Å²) in [5, 5.41) is 9.08. The van der Waals surface area contributed by atoms with Crippen molar-refractivity contribution in [3.63, 3.8) is 0 Å². The van der Waals surface area contributed by atoms with Crippen molar-refractivity contribution >= 4 is 17.7 Å². The van der Waals surface area contributed by atoms with E-state index in [1.54, 1.807) is 29.5 Å². The van der Waals surface area contributed by atoms with Crippen molar-refractivity contribution in [2.45, 2.75) is 64.8 Å². The third kappa shape index (κ3) is 4.84. The van der Waals surface area contributed by atoms with Gasteiger partial charge in [-0.1, -0.05) is 25.8 Å². The highest BCUT2D eigenvalue weighted by Gasteiger charge is 2.19. The molecule has 9 heteroatoms. The molecule has 3 aromatic heterocycles. The van der Waals surface area contributed by atoms with Crippen molar-refractivity contribution < 1.29 is 4.39 Å². The smallest absolute Gasteiger partial charge is 0.189 e. The Kier molecular flexibility index (Phi) is 6.89. The highest BCUT2D eigenvalue weighted by Crippen LogP contribution is 2.23. The number of rotatable bonds is 8. The lowest BCUT2D eigenvalue weighted by Gasteiger charge is -2.24. The maximum atomic E-state index is 14.6. The molecule has 2 aliphatic heterocycles. The van der Waals surface area contributed by atoms with Gasteiger partial charge < -0.3 is 0 Å². The molecule has 3 aromatic rings. The minimum Gasteiger partial charge on any atom is -0.296 e. The number of aryl methyl sites for hydroxylation is 1. The van der Waals surface area contributed by atoms with Crippen LogP contribution >= 0.6 is 0 Å². The molecule has 1 fully saturated rings. The van der Waals surface area contributed by atoms with E-state index in [-0.39, 0.29) is 5.82 Å². The number of fused-ring (bicyclic) bond motifs is 1. The Labute approximate surface area is 198 Å². The van der Waals surface area contributed by atoms with Crippen LogP contribution in [-0.4, -0.2) is 53.6 Å². The summed E-state index contributed by atoms with van der Waals surface area (Å²) in [5.74, 6) is 0.653. The molecule has 2 aliphatic rings. The zero-order valence-corrected chi connectivity index (χ0v) is 19.7. The van der Waals surface area contributed by atoms with Crippen molar-refractivity contribution in [2.75, 3.05) is 13.1 Å². The zero-order chi connectivity index (χ0) is 23.3. The number of allylic oxidation sites excluding steroid dienone is 3. The Hall–Kier alpha value is -3.20. The van der Waals surface area contributed by atoms with Gasteiger partial charge in [0.05, 0.1) is 17.9 Å². The summed E-state index contributed by atoms with van der Waals surface area (Å²) in [6.45, 7) is 5.17. The van der Waals surface area contributed by atoms with Gasteiger partial charge in [-0.15, -0.1) is 5.10 Å². The van der Waals surface area contributed by atoms with Crippen LogP contribution in [0.25, 0.3) is 11.5 Å². The van der Waals surface area contributed by atoms with E-state index < -0.39 is 5.83 Å². The van der Waals surface area contributed by atoms with Gasteiger partial charge in [-0.25, -0.2) is 28.5 Å². The first-order valence-electron chi connectivity index (χ1n) is 12.3. The predicted octanol–water partition coefficient (Wildman–Crippen LogP) is 4.37. The van der Waals surface area contributed by atoms with Gasteiger partial charge in [0.2, 0.25) is 0 Å². The van der Waals surface area contributed by atoms with Crippen molar-refractivity contribution in [3.05, 3.63) is 59.3 Å². The van der Waals surface area contributed by atoms with Crippen molar-refractivity contribution in [1.29, 1.82) is 0 Å². The predicted molar refractivity (Wildman–Crippen MR) is 130 cm³/mol. The van der Waals surface area contributed by atoms with Gasteiger partial charge in [0.25, 0.3) is 0 Å². The topological polar surface area (TPSA) is 76.5 Å². The van der Waals surface area contributed by atoms with E-state index >= 15 is 0 Å². The number of aromatic nitrogens is 6. The zero-order valence-electron chi connectivity index (χ0n) is 19.7. The third-order valence-electron chi connectivity index (χ3n) is 6.41. The summed E-state index contributed by atoms with van der Waals surface area (Å²) in [7, 11) is 0. The number of aliphatic imine (C=N–C) groups is 1. The second-order valence-corrected chi connectivity index (χ2v) is 8.94. The molecule has 5 heterocycles. The van der Waals surface area contributed by atoms with Crippen molar-refractivity contribution in [3.8, 4) is 0 Å². The van der Waals surface area contributed by atoms with Crippen LogP contribution in [0.1, 0.15) is 68.2 Å². The van der Waals surface area contributed by atoms with Crippen LogP contribution in [0.3, 0.4) is 0 Å². The Balaban J connectivity index is 1.47. The fourth-order valence-electron chi connectivity index (χ4n) is 4.62. The average Bonchev–Trinajstić information content (AvgIpc) is 3.41. The number of hydrogen-bond donors (Lipinski definition) is 0. The Morgan fingerprint density at radius 2 is 2.03 bits per heavy atom. The maximum absolute atomic E-state index is 14.6. The molecule has 0 radical (unpaired) electrons. The molecule has 5 rings (SSSR count). The first-order chi connectivity index (χ1) is 16.7. The molecule has 8 nitrogen and oxygen atoms in total. The number of piperidine rings is 1. The first kappa shape index (κ1) is 22.6. The van der Waals surface area contributed by atoms with Crippen LogP contribution < -0.4 is 0 Å². The van der Waals surface area contributed by atoms with Crippen LogP contribution in [0.4, 0.5) is 4.39 Å². The fourth-order valence-corrected chi connectivity index (χ4v) is 4.62. The fraction of sp³-hybridized carbons (Fsp3) is 0.480. The van der Waals surface area contributed by atoms with Crippen LogP contribution in [0.2, 0.25) is 0 Å². The van der Waals surface area contributed by atoms with E-state index in [1.165, 1.54) is 25.3 Å². The Morgan fingerprint density at radius 3 is 2.88 bits per heavy atom. The van der Waals surface area contributed by atoms with Crippen LogP contribution in [-0.2, 0) is 19.4 Å². The summed E-state index contributed by atoms with van der Waals surface area (Å²) in [4.78, 5) is 16.4. The third-order valence-corrected chi connectivity index (χ3v) is 6.41. The van der Waals surface area contributed by atoms with Gasteiger partial charge in [0, 0.05) is 30.8 Å². The van der Waals surface area contributed by atoms with Crippen LogP contribution in [0, 0.1) is 0 Å². The second kappa shape index (κ2) is 10.4. The molecular formula is C25H31FN8. The standard InChI is InChI=1S/C25H31FN8/c1-2-3-9-20-22(16-19-11-13-29-34(19)25-21(26)10-5-6-12-27-25)28-18-33-24(20)30-23(31-33)17-32-14-7-4-8-15-32/h5,10-13,18H,2-4,6-9,14-17H2,1H3. The molecule has 1 saturated heterocycles. The summed E-state index contributed by atoms with van der Waals surface area (Å²) in [5.41, 5.74) is 3.74. The van der Waals surface area contributed by atoms with E-state index in [0.717, 1.165) is 67.3 Å². The van der Waals surface area contributed by atoms with Gasteiger partial charge >= 0.3 is 0 Å². The molecular weight excluding hydrogens is 431 g/mol. The number of unbranched alkanes of at least 4 members (excludes halogenated alkanes) is 1. The van der Waals surface area contributed by atoms with Crippen molar-refractivity contribution in [1.82, 2.24) is 34.3 Å². The largest absolute Gasteiger partial charge is 0.296 e. The maximum Gasteiger partial charge on any atom is 0.189 e. The molecule has 0 saturated carbocycles. The normalized spacial score (nSPS) is 17.1. The summed E-state index contributed by atoms with van der Waals surface area (Å²) in [6.07, 6.45) is 16.2.